The van der Waals surface area contributed by atoms with Crippen LogP contribution in [0.5, 0.6) is 5.75 Å². The minimum atomic E-state index is -0.180. The second-order valence-electron chi connectivity index (χ2n) is 4.18. The SMILES string of the molecule is C=C(C)C.CCOC(=O)CCc1ccc(O)cc1. The molecule has 0 atom stereocenters. The van der Waals surface area contributed by atoms with E-state index in [0.717, 1.165) is 5.56 Å². The number of aryl methyl sites for hydroxylation is 1. The summed E-state index contributed by atoms with van der Waals surface area (Å²) >= 11 is 0. The average Bonchev–Trinajstić information content (AvgIpc) is 2.28. The van der Waals surface area contributed by atoms with Crippen LogP contribution in [0.15, 0.2) is 36.4 Å². The molecule has 0 aliphatic carbocycles. The molecule has 0 saturated heterocycles. The molecule has 0 amide bonds. The van der Waals surface area contributed by atoms with Gasteiger partial charge in [0.25, 0.3) is 0 Å². The first-order valence-corrected chi connectivity index (χ1v) is 6.01. The molecule has 0 saturated carbocycles. The Hall–Kier alpha value is -1.77. The van der Waals surface area contributed by atoms with E-state index in [9.17, 15) is 4.79 Å². The Bertz CT molecular complexity index is 362. The lowest BCUT2D eigenvalue weighted by molar-refractivity contribution is -0.143. The zero-order valence-electron chi connectivity index (χ0n) is 11.4. The number of esters is 1. The van der Waals surface area contributed by atoms with Gasteiger partial charge >= 0.3 is 5.97 Å². The number of allylic oxidation sites excluding steroid dienone is 1. The van der Waals surface area contributed by atoms with Crippen molar-refractivity contribution in [2.45, 2.75) is 33.6 Å². The number of carbonyl (C=O) groups excluding carboxylic acids is 1. The zero-order chi connectivity index (χ0) is 14.0. The van der Waals surface area contributed by atoms with Gasteiger partial charge in [0.1, 0.15) is 5.75 Å². The Morgan fingerprint density at radius 2 is 1.78 bits per heavy atom. The first-order chi connectivity index (χ1) is 8.45. The molecule has 0 heterocycles. The molecule has 18 heavy (non-hydrogen) atoms. The Morgan fingerprint density at radius 1 is 1.28 bits per heavy atom. The summed E-state index contributed by atoms with van der Waals surface area (Å²) in [6, 6.07) is 6.82. The number of phenolic OH excluding ortho intramolecular Hbond substituents is 1. The molecule has 100 valence electrons. The van der Waals surface area contributed by atoms with Crippen molar-refractivity contribution in [1.29, 1.82) is 0 Å². The summed E-state index contributed by atoms with van der Waals surface area (Å²) < 4.78 is 4.80. The zero-order valence-corrected chi connectivity index (χ0v) is 11.4. The van der Waals surface area contributed by atoms with Crippen molar-refractivity contribution < 1.29 is 14.6 Å². The molecule has 1 aromatic carbocycles. The van der Waals surface area contributed by atoms with E-state index in [4.69, 9.17) is 9.84 Å². The number of carbonyl (C=O) groups is 1. The van der Waals surface area contributed by atoms with Gasteiger partial charge in [0.2, 0.25) is 0 Å². The van der Waals surface area contributed by atoms with Gasteiger partial charge in [-0.3, -0.25) is 4.79 Å². The minimum Gasteiger partial charge on any atom is -0.508 e. The summed E-state index contributed by atoms with van der Waals surface area (Å²) in [5, 5.41) is 9.03. The first-order valence-electron chi connectivity index (χ1n) is 6.01. The molecular weight excluding hydrogens is 228 g/mol. The molecule has 0 fully saturated rings. The smallest absolute Gasteiger partial charge is 0.306 e. The molecule has 1 N–H and O–H groups in total. The lowest BCUT2D eigenvalue weighted by atomic mass is 10.1. The van der Waals surface area contributed by atoms with Crippen LogP contribution in [-0.2, 0) is 16.0 Å². The topological polar surface area (TPSA) is 46.5 Å². The van der Waals surface area contributed by atoms with Crippen LogP contribution in [0.1, 0.15) is 32.8 Å². The Morgan fingerprint density at radius 3 is 2.22 bits per heavy atom. The van der Waals surface area contributed by atoms with Crippen LogP contribution in [0.2, 0.25) is 0 Å². The second kappa shape index (κ2) is 9.28. The van der Waals surface area contributed by atoms with E-state index in [1.165, 1.54) is 5.57 Å². The average molecular weight is 250 g/mol. The normalized spacial score (nSPS) is 9.06. The summed E-state index contributed by atoms with van der Waals surface area (Å²) in [5.74, 6) is 0.0606. The van der Waals surface area contributed by atoms with Crippen LogP contribution in [0, 0.1) is 0 Å². The number of benzene rings is 1. The standard InChI is InChI=1S/C11H14O3.C4H8/c1-2-14-11(13)8-5-9-3-6-10(12)7-4-9;1-4(2)3/h3-4,6-7,12H,2,5,8H2,1H3;1H2,2-3H3. The third-order valence-corrected chi connectivity index (χ3v) is 1.86. The van der Waals surface area contributed by atoms with Gasteiger partial charge in [-0.1, -0.05) is 17.7 Å². The summed E-state index contributed by atoms with van der Waals surface area (Å²) in [4.78, 5) is 11.0. The van der Waals surface area contributed by atoms with E-state index in [1.54, 1.807) is 31.2 Å². The summed E-state index contributed by atoms with van der Waals surface area (Å²) in [7, 11) is 0. The molecule has 0 aliphatic rings. The highest BCUT2D eigenvalue weighted by Crippen LogP contribution is 2.11. The highest BCUT2D eigenvalue weighted by molar-refractivity contribution is 5.69. The van der Waals surface area contributed by atoms with Crippen LogP contribution in [0.3, 0.4) is 0 Å². The molecule has 3 nitrogen and oxygen atoms in total. The Balaban J connectivity index is 0.000000631. The van der Waals surface area contributed by atoms with Crippen molar-refractivity contribution in [2.24, 2.45) is 0 Å². The molecule has 0 spiro atoms. The summed E-state index contributed by atoms with van der Waals surface area (Å²) in [6.45, 7) is 9.72. The summed E-state index contributed by atoms with van der Waals surface area (Å²) in [5.41, 5.74) is 2.19. The van der Waals surface area contributed by atoms with Gasteiger partial charge in [-0.2, -0.15) is 0 Å². The van der Waals surface area contributed by atoms with Crippen molar-refractivity contribution in [1.82, 2.24) is 0 Å². The molecule has 0 bridgehead atoms. The predicted octanol–water partition coefficient (Wildman–Crippen LogP) is 3.47. The second-order valence-corrected chi connectivity index (χ2v) is 4.18. The molecular formula is C15H22O3. The number of aromatic hydroxyl groups is 1. The number of ether oxygens (including phenoxy) is 1. The first kappa shape index (κ1) is 16.2. The van der Waals surface area contributed by atoms with E-state index in [2.05, 4.69) is 6.58 Å². The fourth-order valence-electron chi connectivity index (χ4n) is 1.14. The number of hydrogen-bond acceptors (Lipinski definition) is 3. The number of rotatable bonds is 4. The van der Waals surface area contributed by atoms with Gasteiger partial charge < -0.3 is 9.84 Å². The van der Waals surface area contributed by atoms with Crippen LogP contribution in [0.25, 0.3) is 0 Å². The quantitative estimate of drug-likeness (QED) is 0.657. The monoisotopic (exact) mass is 250 g/mol. The highest BCUT2D eigenvalue weighted by Gasteiger charge is 2.01. The fraction of sp³-hybridized carbons (Fsp3) is 0.400. The van der Waals surface area contributed by atoms with Gasteiger partial charge in [0.15, 0.2) is 0 Å². The van der Waals surface area contributed by atoms with Gasteiger partial charge in [-0.15, -0.1) is 6.58 Å². The maximum atomic E-state index is 11.0. The van der Waals surface area contributed by atoms with Gasteiger partial charge in [-0.05, 0) is 44.9 Å². The highest BCUT2D eigenvalue weighted by atomic mass is 16.5. The maximum absolute atomic E-state index is 11.0. The molecule has 1 rings (SSSR count). The van der Waals surface area contributed by atoms with E-state index in [1.807, 2.05) is 13.8 Å². The molecule has 1 aromatic rings. The third kappa shape index (κ3) is 9.46. The van der Waals surface area contributed by atoms with E-state index < -0.39 is 0 Å². The number of hydrogen-bond donors (Lipinski definition) is 1. The maximum Gasteiger partial charge on any atom is 0.306 e. The minimum absolute atomic E-state index is 0.180. The van der Waals surface area contributed by atoms with Gasteiger partial charge in [-0.25, -0.2) is 0 Å². The number of phenols is 1. The summed E-state index contributed by atoms with van der Waals surface area (Å²) in [6.07, 6.45) is 1.04. The molecule has 0 radical (unpaired) electrons. The van der Waals surface area contributed by atoms with Gasteiger partial charge in [0.05, 0.1) is 6.61 Å². The van der Waals surface area contributed by atoms with Crippen molar-refractivity contribution in [3.05, 3.63) is 42.0 Å². The van der Waals surface area contributed by atoms with Crippen molar-refractivity contribution in [2.75, 3.05) is 6.61 Å². The van der Waals surface area contributed by atoms with Crippen molar-refractivity contribution in [3.8, 4) is 5.75 Å². The molecule has 3 heteroatoms. The van der Waals surface area contributed by atoms with Crippen molar-refractivity contribution >= 4 is 5.97 Å². The van der Waals surface area contributed by atoms with E-state index in [-0.39, 0.29) is 11.7 Å². The van der Waals surface area contributed by atoms with Crippen LogP contribution in [0.4, 0.5) is 0 Å². The molecule has 0 unspecified atom stereocenters. The molecule has 0 aliphatic heterocycles. The Labute approximate surface area is 109 Å². The predicted molar refractivity (Wildman–Crippen MR) is 73.5 cm³/mol. The van der Waals surface area contributed by atoms with Gasteiger partial charge in [0, 0.05) is 6.42 Å². The van der Waals surface area contributed by atoms with E-state index in [0.29, 0.717) is 19.4 Å². The van der Waals surface area contributed by atoms with Crippen LogP contribution >= 0.6 is 0 Å². The van der Waals surface area contributed by atoms with Crippen LogP contribution < -0.4 is 0 Å². The van der Waals surface area contributed by atoms with Crippen molar-refractivity contribution in [3.63, 3.8) is 0 Å². The lowest BCUT2D eigenvalue weighted by Crippen LogP contribution is -2.04. The third-order valence-electron chi connectivity index (χ3n) is 1.86. The largest absolute Gasteiger partial charge is 0.508 e. The Kier molecular flexibility index (Phi) is 8.37. The molecule has 0 aromatic heterocycles. The van der Waals surface area contributed by atoms with Crippen LogP contribution in [-0.4, -0.2) is 17.7 Å². The van der Waals surface area contributed by atoms with E-state index >= 15 is 0 Å². The lowest BCUT2D eigenvalue weighted by Gasteiger charge is -2.02. The fourth-order valence-corrected chi connectivity index (χ4v) is 1.14.